The van der Waals surface area contributed by atoms with Gasteiger partial charge in [0.05, 0.1) is 4.90 Å². The Morgan fingerprint density at radius 3 is 2.52 bits per heavy atom. The second-order valence-electron chi connectivity index (χ2n) is 5.16. The molecule has 0 aliphatic heterocycles. The van der Waals surface area contributed by atoms with E-state index in [-0.39, 0.29) is 4.90 Å². The number of nitrogens with two attached hydrogens (primary N) is 1. The van der Waals surface area contributed by atoms with Gasteiger partial charge in [-0.15, -0.1) is 0 Å². The maximum Gasteiger partial charge on any atom is 0.240 e. The number of rotatable bonds is 5. The summed E-state index contributed by atoms with van der Waals surface area (Å²) in [7, 11) is -3.49. The lowest BCUT2D eigenvalue weighted by Crippen LogP contribution is -2.26. The molecule has 0 fully saturated rings. The summed E-state index contributed by atoms with van der Waals surface area (Å²) in [5.41, 5.74) is 9.15. The number of nitrogens with one attached hydrogen (secondary N) is 1. The fourth-order valence-corrected chi connectivity index (χ4v) is 3.51. The molecule has 0 saturated carbocycles. The van der Waals surface area contributed by atoms with Gasteiger partial charge in [0.2, 0.25) is 10.0 Å². The van der Waals surface area contributed by atoms with E-state index < -0.39 is 10.0 Å². The highest BCUT2D eigenvalue weighted by Gasteiger charge is 2.16. The molecule has 0 spiro atoms. The zero-order valence-corrected chi connectivity index (χ0v) is 13.1. The van der Waals surface area contributed by atoms with E-state index in [0.717, 1.165) is 5.56 Å². The van der Waals surface area contributed by atoms with Crippen molar-refractivity contribution in [2.24, 2.45) is 0 Å². The molecule has 0 saturated heterocycles. The standard InChI is InChI=1S/C16H20N2O2S/c1-12-4-3-5-14(10-12)8-9-18-21(19,20)16-7-6-15(17)11-13(16)2/h3-7,10-11,18H,8-9,17H2,1-2H3. The van der Waals surface area contributed by atoms with Gasteiger partial charge >= 0.3 is 0 Å². The second-order valence-corrected chi connectivity index (χ2v) is 6.90. The Labute approximate surface area is 126 Å². The van der Waals surface area contributed by atoms with Crippen LogP contribution in [0.1, 0.15) is 16.7 Å². The molecule has 0 radical (unpaired) electrons. The first kappa shape index (κ1) is 15.5. The van der Waals surface area contributed by atoms with Crippen molar-refractivity contribution in [1.82, 2.24) is 4.72 Å². The van der Waals surface area contributed by atoms with Gasteiger partial charge in [-0.25, -0.2) is 13.1 Å². The molecule has 0 heterocycles. The van der Waals surface area contributed by atoms with Crippen molar-refractivity contribution in [1.29, 1.82) is 0 Å². The summed E-state index contributed by atoms with van der Waals surface area (Å²) >= 11 is 0. The number of sulfonamides is 1. The average Bonchev–Trinajstić information content (AvgIpc) is 2.38. The van der Waals surface area contributed by atoms with Crippen LogP contribution in [0.4, 0.5) is 5.69 Å². The van der Waals surface area contributed by atoms with E-state index in [4.69, 9.17) is 5.73 Å². The highest BCUT2D eigenvalue weighted by Crippen LogP contribution is 2.17. The van der Waals surface area contributed by atoms with Gasteiger partial charge in [0.15, 0.2) is 0 Å². The fourth-order valence-electron chi connectivity index (χ4n) is 2.25. The summed E-state index contributed by atoms with van der Waals surface area (Å²) in [6, 6.07) is 12.9. The predicted octanol–water partition coefficient (Wildman–Crippen LogP) is 2.41. The zero-order chi connectivity index (χ0) is 15.5. The maximum absolute atomic E-state index is 12.3. The third kappa shape index (κ3) is 4.06. The lowest BCUT2D eigenvalue weighted by molar-refractivity contribution is 0.581. The third-order valence-corrected chi connectivity index (χ3v) is 4.90. The predicted molar refractivity (Wildman–Crippen MR) is 85.7 cm³/mol. The molecule has 4 nitrogen and oxygen atoms in total. The van der Waals surface area contributed by atoms with Crippen molar-refractivity contribution in [3.8, 4) is 0 Å². The van der Waals surface area contributed by atoms with E-state index in [0.29, 0.717) is 24.2 Å². The van der Waals surface area contributed by atoms with Gasteiger partial charge < -0.3 is 5.73 Å². The molecule has 0 aliphatic rings. The van der Waals surface area contributed by atoms with Crippen LogP contribution in [0.5, 0.6) is 0 Å². The minimum absolute atomic E-state index is 0.279. The van der Waals surface area contributed by atoms with Crippen LogP contribution < -0.4 is 10.5 Å². The summed E-state index contributed by atoms with van der Waals surface area (Å²) in [6.45, 7) is 4.13. The van der Waals surface area contributed by atoms with Gasteiger partial charge in [-0.3, -0.25) is 0 Å². The second kappa shape index (κ2) is 6.28. The van der Waals surface area contributed by atoms with E-state index in [9.17, 15) is 8.42 Å². The number of benzene rings is 2. The van der Waals surface area contributed by atoms with Crippen molar-refractivity contribution in [3.05, 3.63) is 59.2 Å². The molecule has 2 aromatic carbocycles. The Hall–Kier alpha value is -1.85. The van der Waals surface area contributed by atoms with E-state index in [2.05, 4.69) is 10.8 Å². The Kier molecular flexibility index (Phi) is 4.65. The quantitative estimate of drug-likeness (QED) is 0.833. The molecule has 0 unspecified atom stereocenters. The maximum atomic E-state index is 12.3. The summed E-state index contributed by atoms with van der Waals surface area (Å²) in [6.07, 6.45) is 0.662. The molecular formula is C16H20N2O2S. The first-order chi connectivity index (χ1) is 9.88. The van der Waals surface area contributed by atoms with Gasteiger partial charge in [0.25, 0.3) is 0 Å². The monoisotopic (exact) mass is 304 g/mol. The Balaban J connectivity index is 2.05. The van der Waals surface area contributed by atoms with E-state index in [1.165, 1.54) is 5.56 Å². The van der Waals surface area contributed by atoms with Crippen LogP contribution in [0.25, 0.3) is 0 Å². The first-order valence-electron chi connectivity index (χ1n) is 6.80. The molecule has 0 aliphatic carbocycles. The van der Waals surface area contributed by atoms with Crippen molar-refractivity contribution in [3.63, 3.8) is 0 Å². The molecule has 0 aromatic heterocycles. The molecule has 2 rings (SSSR count). The molecule has 2 aromatic rings. The number of nitrogen functional groups attached to an aromatic ring is 1. The highest BCUT2D eigenvalue weighted by atomic mass is 32.2. The van der Waals surface area contributed by atoms with Gasteiger partial charge in [0, 0.05) is 12.2 Å². The van der Waals surface area contributed by atoms with Gasteiger partial charge in [-0.1, -0.05) is 29.8 Å². The summed E-state index contributed by atoms with van der Waals surface area (Å²) in [5.74, 6) is 0. The number of anilines is 1. The van der Waals surface area contributed by atoms with Crippen LogP contribution in [-0.4, -0.2) is 15.0 Å². The normalized spacial score (nSPS) is 11.5. The number of aryl methyl sites for hydroxylation is 2. The Bertz CT molecular complexity index is 740. The van der Waals surface area contributed by atoms with Crippen LogP contribution in [0.15, 0.2) is 47.4 Å². The lowest BCUT2D eigenvalue weighted by atomic mass is 10.1. The fraction of sp³-hybridized carbons (Fsp3) is 0.250. The molecule has 5 heteroatoms. The molecule has 21 heavy (non-hydrogen) atoms. The number of hydrogen-bond acceptors (Lipinski definition) is 3. The van der Waals surface area contributed by atoms with E-state index >= 15 is 0 Å². The van der Waals surface area contributed by atoms with Crippen LogP contribution >= 0.6 is 0 Å². The Morgan fingerprint density at radius 1 is 1.10 bits per heavy atom. The third-order valence-electron chi connectivity index (χ3n) is 3.28. The molecule has 112 valence electrons. The van der Waals surface area contributed by atoms with Gasteiger partial charge in [-0.2, -0.15) is 0 Å². The molecule has 0 amide bonds. The topological polar surface area (TPSA) is 72.2 Å². The van der Waals surface area contributed by atoms with E-state index in [1.54, 1.807) is 25.1 Å². The van der Waals surface area contributed by atoms with Gasteiger partial charge in [-0.05, 0) is 49.6 Å². The minimum atomic E-state index is -3.49. The minimum Gasteiger partial charge on any atom is -0.399 e. The molecule has 0 bridgehead atoms. The SMILES string of the molecule is Cc1cccc(CCNS(=O)(=O)c2ccc(N)cc2C)c1. The first-order valence-corrected chi connectivity index (χ1v) is 8.28. The molecule has 3 N–H and O–H groups in total. The van der Waals surface area contributed by atoms with Crippen LogP contribution in [-0.2, 0) is 16.4 Å². The average molecular weight is 304 g/mol. The highest BCUT2D eigenvalue weighted by molar-refractivity contribution is 7.89. The van der Waals surface area contributed by atoms with Gasteiger partial charge in [0.1, 0.15) is 0 Å². The van der Waals surface area contributed by atoms with Crippen LogP contribution in [0.2, 0.25) is 0 Å². The largest absolute Gasteiger partial charge is 0.399 e. The summed E-state index contributed by atoms with van der Waals surface area (Å²) in [5, 5.41) is 0. The van der Waals surface area contributed by atoms with Crippen molar-refractivity contribution < 1.29 is 8.42 Å². The summed E-state index contributed by atoms with van der Waals surface area (Å²) < 4.78 is 27.2. The molecular weight excluding hydrogens is 284 g/mol. The van der Waals surface area contributed by atoms with Crippen molar-refractivity contribution >= 4 is 15.7 Å². The van der Waals surface area contributed by atoms with E-state index in [1.807, 2.05) is 25.1 Å². The zero-order valence-electron chi connectivity index (χ0n) is 12.3. The Morgan fingerprint density at radius 2 is 1.86 bits per heavy atom. The van der Waals surface area contributed by atoms with Crippen LogP contribution in [0.3, 0.4) is 0 Å². The van der Waals surface area contributed by atoms with Crippen molar-refractivity contribution in [2.75, 3.05) is 12.3 Å². The summed E-state index contributed by atoms with van der Waals surface area (Å²) in [4.78, 5) is 0.279. The van der Waals surface area contributed by atoms with Crippen molar-refractivity contribution in [2.45, 2.75) is 25.2 Å². The number of hydrogen-bond donors (Lipinski definition) is 2. The molecule has 0 atom stereocenters. The smallest absolute Gasteiger partial charge is 0.240 e. The lowest BCUT2D eigenvalue weighted by Gasteiger charge is -2.10. The van der Waals surface area contributed by atoms with Crippen LogP contribution in [0, 0.1) is 13.8 Å².